The van der Waals surface area contributed by atoms with Gasteiger partial charge in [0.25, 0.3) is 0 Å². The molecule has 3 amide bonds. The molecule has 1 N–H and O–H groups in total. The Morgan fingerprint density at radius 2 is 1.78 bits per heavy atom. The molecule has 4 aromatic rings. The van der Waals surface area contributed by atoms with Crippen LogP contribution >= 0.6 is 11.8 Å². The van der Waals surface area contributed by atoms with Crippen molar-refractivity contribution in [3.05, 3.63) is 96.7 Å². The van der Waals surface area contributed by atoms with Crippen LogP contribution in [0.2, 0.25) is 0 Å². The molecule has 0 saturated heterocycles. The predicted octanol–water partition coefficient (Wildman–Crippen LogP) is 5.92. The molecule has 182 valence electrons. The van der Waals surface area contributed by atoms with Crippen molar-refractivity contribution < 1.29 is 14.0 Å². The zero-order valence-corrected chi connectivity index (χ0v) is 20.7. The number of benzene rings is 2. The van der Waals surface area contributed by atoms with Crippen LogP contribution in [0.1, 0.15) is 30.3 Å². The molecule has 1 fully saturated rings. The highest BCUT2D eigenvalue weighted by atomic mass is 32.2. The Hall–Kier alpha value is -3.91. The number of carbonyl (C=O) groups excluding carboxylic acids is 2. The molecule has 1 atom stereocenters. The van der Waals surface area contributed by atoms with Crippen molar-refractivity contribution in [2.45, 2.75) is 29.8 Å². The average molecular weight is 499 g/mol. The lowest BCUT2D eigenvalue weighted by Gasteiger charge is -2.38. The lowest BCUT2D eigenvalue weighted by Crippen LogP contribution is -2.48. The van der Waals surface area contributed by atoms with Crippen molar-refractivity contribution in [2.75, 3.05) is 23.0 Å². The van der Waals surface area contributed by atoms with Crippen molar-refractivity contribution in [1.82, 2.24) is 9.47 Å². The van der Waals surface area contributed by atoms with Crippen molar-refractivity contribution in [1.29, 1.82) is 0 Å². The maximum absolute atomic E-state index is 14.0. The maximum Gasteiger partial charge on any atom is 0.322 e. The molecular weight excluding hydrogens is 472 g/mol. The Morgan fingerprint density at radius 1 is 1.00 bits per heavy atom. The largest absolute Gasteiger partial charge is 0.467 e. The van der Waals surface area contributed by atoms with Crippen molar-refractivity contribution in [2.24, 2.45) is 0 Å². The summed E-state index contributed by atoms with van der Waals surface area (Å²) in [5.41, 5.74) is 3.36. The standard InChI is InChI=1S/C28H26N4O3S/c1-36-21-14-10-19(11-15-21)29-28(34)31(20-12-13-20)18-26(33)32-23-7-3-2-6-22(23)30-16-4-8-24(30)27(32)25-9-5-17-35-25/h2-11,14-17,20,27H,12-13,18H2,1H3,(H,29,34). The first-order valence-electron chi connectivity index (χ1n) is 12.0. The van der Waals surface area contributed by atoms with Gasteiger partial charge in [-0.25, -0.2) is 4.79 Å². The van der Waals surface area contributed by atoms with Gasteiger partial charge in [-0.15, -0.1) is 11.8 Å². The summed E-state index contributed by atoms with van der Waals surface area (Å²) in [6, 6.07) is 22.6. The molecule has 2 aliphatic rings. The molecule has 1 unspecified atom stereocenters. The van der Waals surface area contributed by atoms with Crippen LogP contribution in [-0.2, 0) is 4.79 Å². The maximum atomic E-state index is 14.0. The fraction of sp³-hybridized carbons (Fsp3) is 0.214. The molecule has 2 aromatic carbocycles. The van der Waals surface area contributed by atoms with Crippen LogP contribution in [-0.4, -0.2) is 40.2 Å². The molecule has 0 spiro atoms. The van der Waals surface area contributed by atoms with Crippen molar-refractivity contribution in [3.8, 4) is 5.69 Å². The van der Waals surface area contributed by atoms with Gasteiger partial charge in [0.1, 0.15) is 18.3 Å². The van der Waals surface area contributed by atoms with Crippen LogP contribution in [0.5, 0.6) is 0 Å². The summed E-state index contributed by atoms with van der Waals surface area (Å²) in [5.74, 6) is 0.519. The number of rotatable bonds is 6. The highest BCUT2D eigenvalue weighted by Crippen LogP contribution is 2.42. The number of nitrogens with zero attached hydrogens (tertiary/aromatic N) is 3. The second kappa shape index (κ2) is 9.28. The number of hydrogen-bond donors (Lipinski definition) is 1. The van der Waals surface area contributed by atoms with Crippen LogP contribution in [0.4, 0.5) is 16.2 Å². The van der Waals surface area contributed by atoms with E-state index in [0.29, 0.717) is 11.4 Å². The minimum atomic E-state index is -0.430. The molecule has 1 aliphatic carbocycles. The summed E-state index contributed by atoms with van der Waals surface area (Å²) in [7, 11) is 0. The molecule has 1 aliphatic heterocycles. The van der Waals surface area contributed by atoms with E-state index in [2.05, 4.69) is 9.88 Å². The minimum absolute atomic E-state index is 0.0222. The molecule has 3 heterocycles. The molecular formula is C28H26N4O3S. The number of anilines is 2. The smallest absolute Gasteiger partial charge is 0.322 e. The van der Waals surface area contributed by atoms with E-state index in [4.69, 9.17) is 4.42 Å². The number of fused-ring (bicyclic) bond motifs is 3. The van der Waals surface area contributed by atoms with Gasteiger partial charge in [-0.1, -0.05) is 12.1 Å². The van der Waals surface area contributed by atoms with E-state index in [0.717, 1.165) is 34.8 Å². The monoisotopic (exact) mass is 498 g/mol. The van der Waals surface area contributed by atoms with Gasteiger partial charge in [0.15, 0.2) is 0 Å². The Kier molecular flexibility index (Phi) is 5.81. The molecule has 36 heavy (non-hydrogen) atoms. The average Bonchev–Trinajstić information content (AvgIpc) is 3.37. The second-order valence-electron chi connectivity index (χ2n) is 8.99. The normalized spacial score (nSPS) is 16.2. The van der Waals surface area contributed by atoms with Crippen LogP contribution < -0.4 is 10.2 Å². The number of urea groups is 1. The number of para-hydroxylation sites is 2. The topological polar surface area (TPSA) is 70.7 Å². The van der Waals surface area contributed by atoms with E-state index in [1.54, 1.807) is 27.8 Å². The van der Waals surface area contributed by atoms with E-state index in [1.807, 2.05) is 85.2 Å². The Morgan fingerprint density at radius 3 is 2.47 bits per heavy atom. The van der Waals surface area contributed by atoms with Gasteiger partial charge in [-0.3, -0.25) is 9.69 Å². The van der Waals surface area contributed by atoms with Gasteiger partial charge in [-0.05, 0) is 79.8 Å². The highest BCUT2D eigenvalue weighted by Gasteiger charge is 2.40. The van der Waals surface area contributed by atoms with Gasteiger partial charge in [0.2, 0.25) is 5.91 Å². The van der Waals surface area contributed by atoms with Crippen molar-refractivity contribution in [3.63, 3.8) is 0 Å². The third kappa shape index (κ3) is 4.07. The van der Waals surface area contributed by atoms with Gasteiger partial charge < -0.3 is 19.2 Å². The number of carbonyl (C=O) groups is 2. The van der Waals surface area contributed by atoms with Crippen molar-refractivity contribution >= 4 is 35.1 Å². The van der Waals surface area contributed by atoms with Gasteiger partial charge in [0, 0.05) is 22.8 Å². The van der Waals surface area contributed by atoms with E-state index in [1.165, 1.54) is 0 Å². The van der Waals surface area contributed by atoms with Crippen LogP contribution in [0.15, 0.2) is 94.6 Å². The number of amides is 3. The van der Waals surface area contributed by atoms with Crippen LogP contribution in [0.25, 0.3) is 5.69 Å². The summed E-state index contributed by atoms with van der Waals surface area (Å²) in [4.78, 5) is 31.9. The number of nitrogens with one attached hydrogen (secondary N) is 1. The first-order valence-corrected chi connectivity index (χ1v) is 13.2. The molecule has 8 heteroatoms. The minimum Gasteiger partial charge on any atom is -0.467 e. The SMILES string of the molecule is CSc1ccc(NC(=O)N(CC(=O)N2c3ccccc3-n3cccc3C2c2ccco2)C2CC2)cc1. The van der Waals surface area contributed by atoms with E-state index in [-0.39, 0.29) is 24.5 Å². The fourth-order valence-corrected chi connectivity index (χ4v) is 5.23. The first kappa shape index (κ1) is 22.5. The summed E-state index contributed by atoms with van der Waals surface area (Å²) in [6.45, 7) is -0.0222. The number of aromatic nitrogens is 1. The third-order valence-electron chi connectivity index (χ3n) is 6.70. The number of furan rings is 1. The molecule has 0 bridgehead atoms. The zero-order valence-electron chi connectivity index (χ0n) is 19.8. The lowest BCUT2D eigenvalue weighted by molar-refractivity contribution is -0.119. The molecule has 2 aromatic heterocycles. The lowest BCUT2D eigenvalue weighted by atomic mass is 10.0. The third-order valence-corrected chi connectivity index (χ3v) is 7.44. The summed E-state index contributed by atoms with van der Waals surface area (Å²) < 4.78 is 7.90. The second-order valence-corrected chi connectivity index (χ2v) is 9.87. The summed E-state index contributed by atoms with van der Waals surface area (Å²) in [5, 5.41) is 2.98. The number of thioether (sulfide) groups is 1. The summed E-state index contributed by atoms with van der Waals surface area (Å²) in [6.07, 6.45) is 7.43. The molecule has 7 nitrogen and oxygen atoms in total. The van der Waals surface area contributed by atoms with Crippen LogP contribution in [0, 0.1) is 0 Å². The summed E-state index contributed by atoms with van der Waals surface area (Å²) >= 11 is 1.65. The van der Waals surface area contributed by atoms with Gasteiger partial charge in [0.05, 0.1) is 23.3 Å². The Balaban J connectivity index is 1.31. The van der Waals surface area contributed by atoms with Gasteiger partial charge in [-0.2, -0.15) is 0 Å². The van der Waals surface area contributed by atoms with E-state index < -0.39 is 6.04 Å². The fourth-order valence-electron chi connectivity index (χ4n) is 4.82. The Bertz CT molecular complexity index is 1390. The molecule has 6 rings (SSSR count). The zero-order chi connectivity index (χ0) is 24.6. The first-order chi connectivity index (χ1) is 17.6. The molecule has 0 radical (unpaired) electrons. The van der Waals surface area contributed by atoms with Crippen LogP contribution in [0.3, 0.4) is 0 Å². The van der Waals surface area contributed by atoms with E-state index >= 15 is 0 Å². The Labute approximate surface area is 213 Å². The number of hydrogen-bond acceptors (Lipinski definition) is 4. The van der Waals surface area contributed by atoms with Gasteiger partial charge >= 0.3 is 6.03 Å². The molecule has 1 saturated carbocycles. The highest BCUT2D eigenvalue weighted by molar-refractivity contribution is 7.98. The van der Waals surface area contributed by atoms with E-state index in [9.17, 15) is 9.59 Å². The predicted molar refractivity (Wildman–Crippen MR) is 141 cm³/mol. The quantitative estimate of drug-likeness (QED) is 0.335.